The number of nitrogens with zero attached hydrogens (tertiary/aromatic N) is 1. The van der Waals surface area contributed by atoms with Crippen LogP contribution in [0.4, 0.5) is 0 Å². The van der Waals surface area contributed by atoms with Crippen LogP contribution in [-0.4, -0.2) is 29.8 Å². The van der Waals surface area contributed by atoms with Gasteiger partial charge in [-0.2, -0.15) is 4.31 Å². The van der Waals surface area contributed by atoms with Gasteiger partial charge in [0.1, 0.15) is 0 Å². The third-order valence-electron chi connectivity index (χ3n) is 5.07. The molecule has 3 rings (SSSR count). The Kier molecular flexibility index (Phi) is 5.72. The molecule has 1 N–H and O–H groups in total. The van der Waals surface area contributed by atoms with Crippen molar-refractivity contribution in [3.63, 3.8) is 0 Å². The lowest BCUT2D eigenvalue weighted by atomic mass is 10.00. The number of rotatable bonds is 6. The molecule has 6 heteroatoms. The van der Waals surface area contributed by atoms with E-state index in [-0.39, 0.29) is 10.5 Å². The highest BCUT2D eigenvalue weighted by Crippen LogP contribution is 2.42. The Balaban J connectivity index is 2.16. The van der Waals surface area contributed by atoms with Gasteiger partial charge in [-0.05, 0) is 38.0 Å². The molecule has 28 heavy (non-hydrogen) atoms. The van der Waals surface area contributed by atoms with E-state index in [1.807, 2.05) is 45.0 Å². The van der Waals surface area contributed by atoms with Gasteiger partial charge in [-0.15, -0.1) is 0 Å². The minimum absolute atomic E-state index is 0.109. The Morgan fingerprint density at radius 1 is 1.00 bits per heavy atom. The smallest absolute Gasteiger partial charge is 0.333 e. The molecular formula is C22H25NO4S. The fourth-order valence-corrected chi connectivity index (χ4v) is 5.38. The number of carbonyl (C=O) groups is 1. The monoisotopic (exact) mass is 399 g/mol. The lowest BCUT2D eigenvalue weighted by molar-refractivity contribution is -0.133. The van der Waals surface area contributed by atoms with Crippen molar-refractivity contribution < 1.29 is 18.3 Å². The van der Waals surface area contributed by atoms with E-state index in [0.29, 0.717) is 12.0 Å². The van der Waals surface area contributed by atoms with E-state index in [1.165, 1.54) is 4.31 Å². The zero-order valence-electron chi connectivity index (χ0n) is 16.3. The molecule has 148 valence electrons. The lowest BCUT2D eigenvalue weighted by Crippen LogP contribution is -2.39. The molecule has 0 radical (unpaired) electrons. The van der Waals surface area contributed by atoms with Crippen LogP contribution in [0.3, 0.4) is 0 Å². The van der Waals surface area contributed by atoms with Crippen LogP contribution in [0.1, 0.15) is 42.5 Å². The molecule has 0 spiro atoms. The summed E-state index contributed by atoms with van der Waals surface area (Å²) in [6, 6.07) is 12.7. The summed E-state index contributed by atoms with van der Waals surface area (Å²) in [5, 5.41) is 9.79. The fourth-order valence-electron chi connectivity index (χ4n) is 3.62. The summed E-state index contributed by atoms with van der Waals surface area (Å²) in [4.78, 5) is 12.1. The maximum absolute atomic E-state index is 13.5. The number of aryl methyl sites for hydroxylation is 2. The van der Waals surface area contributed by atoms with Crippen LogP contribution in [0.5, 0.6) is 0 Å². The summed E-state index contributed by atoms with van der Waals surface area (Å²) < 4.78 is 28.5. The average Bonchev–Trinajstić information content (AvgIpc) is 3.03. The Hall–Kier alpha value is -2.44. The third-order valence-corrected chi connectivity index (χ3v) is 6.97. The van der Waals surface area contributed by atoms with Crippen molar-refractivity contribution in [3.05, 3.63) is 76.9 Å². The van der Waals surface area contributed by atoms with Crippen LogP contribution in [0.15, 0.2) is 65.1 Å². The van der Waals surface area contributed by atoms with Crippen LogP contribution < -0.4 is 0 Å². The second kappa shape index (κ2) is 7.89. The average molecular weight is 400 g/mol. The van der Waals surface area contributed by atoms with Gasteiger partial charge in [-0.25, -0.2) is 13.2 Å². The topological polar surface area (TPSA) is 74.7 Å². The summed E-state index contributed by atoms with van der Waals surface area (Å²) in [7, 11) is -3.88. The summed E-state index contributed by atoms with van der Waals surface area (Å²) in [5.41, 5.74) is 2.76. The molecule has 0 unspecified atom stereocenters. The predicted octanol–water partition coefficient (Wildman–Crippen LogP) is 4.23. The van der Waals surface area contributed by atoms with Crippen molar-refractivity contribution in [1.82, 2.24) is 4.31 Å². The van der Waals surface area contributed by atoms with Gasteiger partial charge in [0.05, 0.1) is 16.5 Å². The van der Waals surface area contributed by atoms with E-state index < -0.39 is 28.1 Å². The van der Waals surface area contributed by atoms with Crippen LogP contribution in [-0.2, 0) is 14.8 Å². The molecule has 2 aromatic rings. The number of carboxylic acids is 1. The summed E-state index contributed by atoms with van der Waals surface area (Å²) in [5.74, 6) is -1.09. The molecule has 0 fully saturated rings. The van der Waals surface area contributed by atoms with Crippen molar-refractivity contribution in [3.8, 4) is 0 Å². The van der Waals surface area contributed by atoms with Crippen molar-refractivity contribution in [2.75, 3.05) is 0 Å². The quantitative estimate of drug-likeness (QED) is 0.789. The molecule has 1 aliphatic heterocycles. The maximum Gasteiger partial charge on any atom is 0.333 e. The van der Waals surface area contributed by atoms with E-state index in [9.17, 15) is 18.3 Å². The van der Waals surface area contributed by atoms with Crippen LogP contribution in [0.25, 0.3) is 0 Å². The molecular weight excluding hydrogens is 374 g/mol. The van der Waals surface area contributed by atoms with Gasteiger partial charge in [0.15, 0.2) is 0 Å². The number of carboxylic acid groups (broad SMARTS) is 1. The number of hydrogen-bond donors (Lipinski definition) is 1. The first-order valence-electron chi connectivity index (χ1n) is 9.37. The highest BCUT2D eigenvalue weighted by atomic mass is 32.2. The second-order valence-electron chi connectivity index (χ2n) is 7.24. The van der Waals surface area contributed by atoms with Crippen molar-refractivity contribution in [2.45, 2.75) is 50.6 Å². The number of benzene rings is 2. The van der Waals surface area contributed by atoms with Gasteiger partial charge in [0, 0.05) is 6.04 Å². The molecule has 2 atom stereocenters. The van der Waals surface area contributed by atoms with Crippen LogP contribution in [0.2, 0.25) is 0 Å². The van der Waals surface area contributed by atoms with E-state index in [1.54, 1.807) is 30.3 Å². The largest absolute Gasteiger partial charge is 0.478 e. The predicted molar refractivity (Wildman–Crippen MR) is 109 cm³/mol. The van der Waals surface area contributed by atoms with Gasteiger partial charge in [0.2, 0.25) is 10.0 Å². The number of hydrogen-bond acceptors (Lipinski definition) is 3. The SMILES string of the molecule is CCC[C@H]1C=C(C(=O)O)[C@@H](c2ccc(C)cc2)N1S(=O)(=O)c1ccc(C)cc1. The fraction of sp³-hybridized carbons (Fsp3) is 0.318. The Bertz CT molecular complexity index is 992. The standard InChI is InChI=1S/C22H25NO4S/c1-4-5-18-14-20(22(24)25)21(17-10-6-15(2)7-11-17)23(18)28(26,27)19-12-8-16(3)9-13-19/h6-14,18,21H,4-5H2,1-3H3,(H,24,25)/t18-,21+/m0/s1. The molecule has 2 aromatic carbocycles. The highest BCUT2D eigenvalue weighted by molar-refractivity contribution is 7.89. The molecule has 0 aliphatic carbocycles. The number of aliphatic carboxylic acids is 1. The Morgan fingerprint density at radius 3 is 2.04 bits per heavy atom. The first-order valence-corrected chi connectivity index (χ1v) is 10.8. The van der Waals surface area contributed by atoms with Crippen molar-refractivity contribution in [1.29, 1.82) is 0 Å². The Morgan fingerprint density at radius 2 is 1.54 bits per heavy atom. The molecule has 0 saturated heterocycles. The first kappa shape index (κ1) is 20.3. The third kappa shape index (κ3) is 3.75. The molecule has 1 heterocycles. The lowest BCUT2D eigenvalue weighted by Gasteiger charge is -2.30. The minimum Gasteiger partial charge on any atom is -0.478 e. The van der Waals surface area contributed by atoms with Gasteiger partial charge in [-0.1, -0.05) is 66.9 Å². The molecule has 0 bridgehead atoms. The van der Waals surface area contributed by atoms with E-state index in [4.69, 9.17) is 0 Å². The minimum atomic E-state index is -3.88. The zero-order chi connectivity index (χ0) is 20.5. The van der Waals surface area contributed by atoms with E-state index in [2.05, 4.69) is 0 Å². The zero-order valence-corrected chi connectivity index (χ0v) is 17.1. The normalized spacial score (nSPS) is 20.2. The first-order chi connectivity index (χ1) is 13.3. The molecule has 0 amide bonds. The van der Waals surface area contributed by atoms with Gasteiger partial charge in [-0.3, -0.25) is 0 Å². The summed E-state index contributed by atoms with van der Waals surface area (Å²) >= 11 is 0. The van der Waals surface area contributed by atoms with E-state index >= 15 is 0 Å². The molecule has 5 nitrogen and oxygen atoms in total. The molecule has 1 aliphatic rings. The van der Waals surface area contributed by atoms with E-state index in [0.717, 1.165) is 17.5 Å². The second-order valence-corrected chi connectivity index (χ2v) is 9.09. The van der Waals surface area contributed by atoms with Crippen LogP contribution >= 0.6 is 0 Å². The van der Waals surface area contributed by atoms with Gasteiger partial charge in [0.25, 0.3) is 0 Å². The van der Waals surface area contributed by atoms with Gasteiger partial charge >= 0.3 is 5.97 Å². The number of sulfonamides is 1. The van der Waals surface area contributed by atoms with Crippen LogP contribution in [0, 0.1) is 13.8 Å². The molecule has 0 aromatic heterocycles. The summed E-state index contributed by atoms with van der Waals surface area (Å²) in [6.45, 7) is 5.79. The summed E-state index contributed by atoms with van der Waals surface area (Å²) in [6.07, 6.45) is 2.90. The molecule has 0 saturated carbocycles. The Labute approximate surface area is 166 Å². The maximum atomic E-state index is 13.5. The van der Waals surface area contributed by atoms with Gasteiger partial charge < -0.3 is 5.11 Å². The van der Waals surface area contributed by atoms with Crippen molar-refractivity contribution >= 4 is 16.0 Å². The highest BCUT2D eigenvalue weighted by Gasteiger charge is 2.45. The van der Waals surface area contributed by atoms with Crippen molar-refractivity contribution in [2.24, 2.45) is 0 Å².